The minimum atomic E-state index is -4.46. The van der Waals surface area contributed by atoms with Gasteiger partial charge in [-0.05, 0) is 50.0 Å². The summed E-state index contributed by atoms with van der Waals surface area (Å²) in [5, 5.41) is 3.27. The summed E-state index contributed by atoms with van der Waals surface area (Å²) in [6.45, 7) is 1.77. The smallest absolute Gasteiger partial charge is 0.419 e. The van der Waals surface area contributed by atoms with E-state index in [0.29, 0.717) is 0 Å². The van der Waals surface area contributed by atoms with Crippen LogP contribution in [0.25, 0.3) is 0 Å². The molecular weight excluding hydrogens is 305 g/mol. The number of aromatic nitrogens is 1. The fraction of sp³-hybridized carbons (Fsp3) is 0.353. The lowest BCUT2D eigenvalue weighted by Crippen LogP contribution is -2.26. The van der Waals surface area contributed by atoms with Crippen LogP contribution in [0.4, 0.5) is 13.2 Å². The maximum absolute atomic E-state index is 13.1. The summed E-state index contributed by atoms with van der Waals surface area (Å²) in [5.74, 6) is 0.294. The molecule has 0 aliphatic carbocycles. The molecule has 0 radical (unpaired) electrons. The Morgan fingerprint density at radius 3 is 2.52 bits per heavy atom. The highest BCUT2D eigenvalue weighted by Crippen LogP contribution is 2.39. The summed E-state index contributed by atoms with van der Waals surface area (Å²) >= 11 is 0. The lowest BCUT2D eigenvalue weighted by Gasteiger charge is -2.24. The molecule has 1 N–H and O–H groups in total. The third-order valence-corrected chi connectivity index (χ3v) is 3.98. The van der Waals surface area contributed by atoms with Crippen LogP contribution in [-0.2, 0) is 6.18 Å². The Hall–Kier alpha value is -2.08. The highest BCUT2D eigenvalue weighted by molar-refractivity contribution is 5.40. The highest BCUT2D eigenvalue weighted by atomic mass is 19.4. The van der Waals surface area contributed by atoms with Crippen molar-refractivity contribution in [2.75, 3.05) is 13.1 Å². The molecule has 0 bridgehead atoms. The van der Waals surface area contributed by atoms with E-state index in [4.69, 9.17) is 4.74 Å². The van der Waals surface area contributed by atoms with Crippen LogP contribution >= 0.6 is 0 Å². The van der Waals surface area contributed by atoms with E-state index < -0.39 is 11.7 Å². The minimum Gasteiger partial charge on any atom is -0.438 e. The number of para-hydroxylation sites is 1. The van der Waals surface area contributed by atoms with Gasteiger partial charge in [-0.1, -0.05) is 18.2 Å². The van der Waals surface area contributed by atoms with Crippen molar-refractivity contribution in [3.05, 3.63) is 53.7 Å². The number of halogens is 3. The van der Waals surface area contributed by atoms with E-state index in [-0.39, 0.29) is 17.5 Å². The second-order valence-electron chi connectivity index (χ2n) is 5.52. The number of alkyl halides is 3. The zero-order chi connectivity index (χ0) is 16.3. The van der Waals surface area contributed by atoms with Gasteiger partial charge >= 0.3 is 6.18 Å². The summed E-state index contributed by atoms with van der Waals surface area (Å²) in [5.41, 5.74) is 0.0768. The number of rotatable bonds is 3. The lowest BCUT2D eigenvalue weighted by molar-refractivity contribution is -0.138. The second kappa shape index (κ2) is 6.58. The molecule has 0 amide bonds. The molecule has 6 heteroatoms. The van der Waals surface area contributed by atoms with E-state index in [2.05, 4.69) is 10.3 Å². The molecule has 3 rings (SSSR count). The number of piperidine rings is 1. The predicted molar refractivity (Wildman–Crippen MR) is 80.6 cm³/mol. The Balaban J connectivity index is 1.92. The van der Waals surface area contributed by atoms with Gasteiger partial charge in [0.25, 0.3) is 0 Å². The molecule has 0 spiro atoms. The summed E-state index contributed by atoms with van der Waals surface area (Å²) < 4.78 is 44.9. The highest BCUT2D eigenvalue weighted by Gasteiger charge is 2.34. The summed E-state index contributed by atoms with van der Waals surface area (Å²) in [4.78, 5) is 4.16. The van der Waals surface area contributed by atoms with E-state index in [1.54, 1.807) is 6.07 Å². The number of hydrogen-bond donors (Lipinski definition) is 1. The van der Waals surface area contributed by atoms with Crippen LogP contribution in [0.1, 0.15) is 29.9 Å². The molecule has 23 heavy (non-hydrogen) atoms. The number of ether oxygens (including phenoxy) is 1. The van der Waals surface area contributed by atoms with Gasteiger partial charge < -0.3 is 10.1 Å². The zero-order valence-corrected chi connectivity index (χ0v) is 12.4. The van der Waals surface area contributed by atoms with Gasteiger partial charge in [0.2, 0.25) is 5.88 Å². The van der Waals surface area contributed by atoms with Crippen molar-refractivity contribution < 1.29 is 17.9 Å². The molecule has 1 aliphatic heterocycles. The Labute approximate surface area is 132 Å². The number of nitrogens with one attached hydrogen (secondary N) is 1. The molecule has 1 fully saturated rings. The van der Waals surface area contributed by atoms with Crippen molar-refractivity contribution in [2.24, 2.45) is 0 Å². The summed E-state index contributed by atoms with van der Waals surface area (Å²) in [6, 6.07) is 8.89. The molecule has 2 heterocycles. The fourth-order valence-electron chi connectivity index (χ4n) is 2.83. The molecule has 1 aromatic heterocycles. The molecule has 1 saturated heterocycles. The van der Waals surface area contributed by atoms with E-state index in [1.165, 1.54) is 24.4 Å². The number of hydrogen-bond acceptors (Lipinski definition) is 3. The zero-order valence-electron chi connectivity index (χ0n) is 12.4. The predicted octanol–water partition coefficient (Wildman–Crippen LogP) is 4.36. The van der Waals surface area contributed by atoms with Gasteiger partial charge in [-0.3, -0.25) is 0 Å². The topological polar surface area (TPSA) is 34.1 Å². The maximum Gasteiger partial charge on any atom is 0.419 e. The molecule has 0 atom stereocenters. The van der Waals surface area contributed by atoms with Crippen LogP contribution in [0.5, 0.6) is 11.6 Å². The quantitative estimate of drug-likeness (QED) is 0.912. The molecule has 0 saturated carbocycles. The number of benzene rings is 1. The molecule has 122 valence electrons. The second-order valence-corrected chi connectivity index (χ2v) is 5.52. The van der Waals surface area contributed by atoms with Gasteiger partial charge in [0.05, 0.1) is 5.56 Å². The van der Waals surface area contributed by atoms with Crippen LogP contribution in [-0.4, -0.2) is 18.1 Å². The van der Waals surface area contributed by atoms with Crippen molar-refractivity contribution in [1.29, 1.82) is 0 Å². The first-order valence-corrected chi connectivity index (χ1v) is 7.55. The maximum atomic E-state index is 13.1. The summed E-state index contributed by atoms with van der Waals surface area (Å²) in [7, 11) is 0. The Kier molecular flexibility index (Phi) is 4.52. The third-order valence-electron chi connectivity index (χ3n) is 3.98. The Morgan fingerprint density at radius 1 is 1.04 bits per heavy atom. The van der Waals surface area contributed by atoms with Crippen LogP contribution in [0.15, 0.2) is 42.6 Å². The van der Waals surface area contributed by atoms with E-state index in [1.807, 2.05) is 6.07 Å². The van der Waals surface area contributed by atoms with Gasteiger partial charge in [0, 0.05) is 11.8 Å². The first kappa shape index (κ1) is 15.8. The first-order chi connectivity index (χ1) is 11.1. The molecule has 0 unspecified atom stereocenters. The number of nitrogens with zero attached hydrogens (tertiary/aromatic N) is 1. The summed E-state index contributed by atoms with van der Waals surface area (Å²) in [6.07, 6.45) is -1.08. The normalized spacial score (nSPS) is 16.3. The lowest BCUT2D eigenvalue weighted by atomic mass is 9.91. The first-order valence-electron chi connectivity index (χ1n) is 7.55. The van der Waals surface area contributed by atoms with E-state index in [9.17, 15) is 13.2 Å². The number of pyridine rings is 1. The molecule has 2 aromatic rings. The van der Waals surface area contributed by atoms with E-state index in [0.717, 1.165) is 37.6 Å². The van der Waals surface area contributed by atoms with Crippen molar-refractivity contribution in [3.63, 3.8) is 0 Å². The Morgan fingerprint density at radius 2 is 1.78 bits per heavy atom. The van der Waals surface area contributed by atoms with Gasteiger partial charge in [-0.15, -0.1) is 0 Å². The van der Waals surface area contributed by atoms with Gasteiger partial charge in [-0.2, -0.15) is 13.2 Å². The largest absolute Gasteiger partial charge is 0.438 e. The van der Waals surface area contributed by atoms with Gasteiger partial charge in [-0.25, -0.2) is 4.98 Å². The average Bonchev–Trinajstić information content (AvgIpc) is 2.56. The molecule has 1 aliphatic rings. The van der Waals surface area contributed by atoms with Crippen molar-refractivity contribution >= 4 is 0 Å². The van der Waals surface area contributed by atoms with E-state index >= 15 is 0 Å². The minimum absolute atomic E-state index is 0.214. The van der Waals surface area contributed by atoms with Crippen molar-refractivity contribution in [2.45, 2.75) is 24.9 Å². The van der Waals surface area contributed by atoms with Gasteiger partial charge in [0.1, 0.15) is 5.75 Å². The fourth-order valence-corrected chi connectivity index (χ4v) is 2.83. The van der Waals surface area contributed by atoms with Crippen molar-refractivity contribution in [3.8, 4) is 11.6 Å². The van der Waals surface area contributed by atoms with Crippen molar-refractivity contribution in [1.82, 2.24) is 10.3 Å². The Bertz CT molecular complexity index is 667. The van der Waals surface area contributed by atoms with Crippen LogP contribution in [0.2, 0.25) is 0 Å². The monoisotopic (exact) mass is 322 g/mol. The van der Waals surface area contributed by atoms with Crippen LogP contribution in [0, 0.1) is 0 Å². The van der Waals surface area contributed by atoms with Crippen LogP contribution in [0.3, 0.4) is 0 Å². The molecule has 3 nitrogen and oxygen atoms in total. The van der Waals surface area contributed by atoms with Gasteiger partial charge in [0.15, 0.2) is 0 Å². The SMILES string of the molecule is FC(F)(F)c1ccccc1Oc1ncccc1C1CCNCC1. The molecular formula is C17H17F3N2O. The standard InChI is InChI=1S/C17H17F3N2O/c18-17(19,20)14-5-1-2-6-15(14)23-16-13(4-3-9-22-16)12-7-10-21-11-8-12/h1-6,9,12,21H,7-8,10-11H2. The molecule has 1 aromatic carbocycles. The third kappa shape index (κ3) is 3.64. The van der Waals surface area contributed by atoms with Crippen LogP contribution < -0.4 is 10.1 Å². The average molecular weight is 322 g/mol.